The molecule has 0 atom stereocenters. The van der Waals surface area contributed by atoms with E-state index in [1.54, 1.807) is 30.3 Å². The Labute approximate surface area is 168 Å². The summed E-state index contributed by atoms with van der Waals surface area (Å²) in [5, 5.41) is 4.39. The average molecular weight is 413 g/mol. The van der Waals surface area contributed by atoms with Crippen molar-refractivity contribution in [1.82, 2.24) is 14.6 Å². The number of esters is 1. The number of carbonyl (C=O) groups is 1. The molecule has 0 aliphatic heterocycles. The predicted molar refractivity (Wildman–Crippen MR) is 102 cm³/mol. The van der Waals surface area contributed by atoms with Crippen molar-refractivity contribution in [2.75, 3.05) is 7.11 Å². The van der Waals surface area contributed by atoms with Crippen LogP contribution in [-0.2, 0) is 4.74 Å². The molecular weight excluding hydrogens is 399 g/mol. The van der Waals surface area contributed by atoms with E-state index in [1.807, 2.05) is 0 Å². The summed E-state index contributed by atoms with van der Waals surface area (Å²) in [5.74, 6) is -1.00. The summed E-state index contributed by atoms with van der Waals surface area (Å²) >= 11 is 0. The smallest absolute Gasteiger partial charge is 0.387 e. The van der Waals surface area contributed by atoms with Gasteiger partial charge in [0, 0.05) is 17.2 Å². The highest BCUT2D eigenvalue weighted by molar-refractivity contribution is 5.90. The van der Waals surface area contributed by atoms with Crippen LogP contribution in [0.2, 0.25) is 0 Å². The molecular formula is C21H14F3N3O3. The van der Waals surface area contributed by atoms with Gasteiger partial charge in [-0.1, -0.05) is 0 Å². The van der Waals surface area contributed by atoms with Crippen molar-refractivity contribution in [3.8, 4) is 28.3 Å². The monoisotopic (exact) mass is 413 g/mol. The van der Waals surface area contributed by atoms with E-state index in [-0.39, 0.29) is 17.3 Å². The standard InChI is InChI=1S/C21H14F3N3O3/c1-29-20(28)18-10-16(12-4-8-15(9-5-12)30-21(23)24)25-19-11-17(26-27(18)19)13-2-6-14(22)7-3-13/h2-11,21H,1H3. The summed E-state index contributed by atoms with van der Waals surface area (Å²) in [5.41, 5.74) is 2.61. The molecule has 9 heteroatoms. The molecule has 0 spiro atoms. The van der Waals surface area contributed by atoms with E-state index in [4.69, 9.17) is 4.74 Å². The van der Waals surface area contributed by atoms with E-state index in [0.717, 1.165) is 0 Å². The van der Waals surface area contributed by atoms with Gasteiger partial charge in [-0.15, -0.1) is 0 Å². The van der Waals surface area contributed by atoms with Crippen LogP contribution in [0.4, 0.5) is 13.2 Å². The molecule has 2 heterocycles. The van der Waals surface area contributed by atoms with Gasteiger partial charge >= 0.3 is 12.6 Å². The maximum absolute atomic E-state index is 13.2. The van der Waals surface area contributed by atoms with E-state index in [9.17, 15) is 18.0 Å². The second-order valence-electron chi connectivity index (χ2n) is 6.23. The molecule has 0 radical (unpaired) electrons. The van der Waals surface area contributed by atoms with Crippen molar-refractivity contribution in [1.29, 1.82) is 0 Å². The number of methoxy groups -OCH3 is 1. The Morgan fingerprint density at radius 1 is 0.967 bits per heavy atom. The number of nitrogens with zero attached hydrogens (tertiary/aromatic N) is 3. The maximum atomic E-state index is 13.2. The lowest BCUT2D eigenvalue weighted by Crippen LogP contribution is -2.10. The fourth-order valence-corrected chi connectivity index (χ4v) is 2.94. The lowest BCUT2D eigenvalue weighted by molar-refractivity contribution is -0.0498. The molecule has 0 saturated carbocycles. The van der Waals surface area contributed by atoms with Gasteiger partial charge in [-0.2, -0.15) is 13.9 Å². The minimum absolute atomic E-state index is 0.00553. The SMILES string of the molecule is COC(=O)c1cc(-c2ccc(OC(F)F)cc2)nc2cc(-c3ccc(F)cc3)nn12. The van der Waals surface area contributed by atoms with Crippen molar-refractivity contribution in [2.45, 2.75) is 6.61 Å². The molecule has 0 aliphatic rings. The largest absolute Gasteiger partial charge is 0.464 e. The molecule has 2 aromatic heterocycles. The highest BCUT2D eigenvalue weighted by Crippen LogP contribution is 2.26. The van der Waals surface area contributed by atoms with Crippen LogP contribution in [0.25, 0.3) is 28.2 Å². The van der Waals surface area contributed by atoms with Gasteiger partial charge < -0.3 is 9.47 Å². The Bertz CT molecular complexity index is 1210. The first kappa shape index (κ1) is 19.4. The molecule has 4 aromatic rings. The quantitative estimate of drug-likeness (QED) is 0.448. The summed E-state index contributed by atoms with van der Waals surface area (Å²) in [6.45, 7) is -2.92. The third-order valence-corrected chi connectivity index (χ3v) is 4.34. The summed E-state index contributed by atoms with van der Waals surface area (Å²) in [6.07, 6.45) is 0. The highest BCUT2D eigenvalue weighted by atomic mass is 19.3. The van der Waals surface area contributed by atoms with Gasteiger partial charge in [0.1, 0.15) is 11.6 Å². The first-order chi connectivity index (χ1) is 14.4. The molecule has 4 rings (SSSR count). The topological polar surface area (TPSA) is 65.7 Å². The van der Waals surface area contributed by atoms with E-state index in [1.165, 1.54) is 42.0 Å². The van der Waals surface area contributed by atoms with Crippen LogP contribution < -0.4 is 4.74 Å². The zero-order valence-corrected chi connectivity index (χ0v) is 15.6. The molecule has 0 bridgehead atoms. The number of aromatic nitrogens is 3. The molecule has 0 amide bonds. The first-order valence-electron chi connectivity index (χ1n) is 8.75. The fraction of sp³-hybridized carbons (Fsp3) is 0.0952. The average Bonchev–Trinajstić information content (AvgIpc) is 3.17. The van der Waals surface area contributed by atoms with Crippen LogP contribution in [0.5, 0.6) is 5.75 Å². The second-order valence-corrected chi connectivity index (χ2v) is 6.23. The van der Waals surface area contributed by atoms with Crippen molar-refractivity contribution in [3.05, 3.63) is 72.2 Å². The Kier molecular flexibility index (Phi) is 5.09. The lowest BCUT2D eigenvalue weighted by Gasteiger charge is -2.08. The predicted octanol–water partition coefficient (Wildman–Crippen LogP) is 4.59. The Balaban J connectivity index is 1.81. The third-order valence-electron chi connectivity index (χ3n) is 4.34. The summed E-state index contributed by atoms with van der Waals surface area (Å²) in [7, 11) is 1.25. The molecule has 0 saturated heterocycles. The number of alkyl halides is 2. The molecule has 6 nitrogen and oxygen atoms in total. The van der Waals surface area contributed by atoms with Gasteiger partial charge in [0.05, 0.1) is 18.5 Å². The number of benzene rings is 2. The summed E-state index contributed by atoms with van der Waals surface area (Å²) < 4.78 is 48.4. The van der Waals surface area contributed by atoms with Gasteiger partial charge in [0.25, 0.3) is 0 Å². The number of carbonyl (C=O) groups excluding carboxylic acids is 1. The van der Waals surface area contributed by atoms with Crippen LogP contribution in [0.3, 0.4) is 0 Å². The minimum Gasteiger partial charge on any atom is -0.464 e. The zero-order chi connectivity index (χ0) is 21.3. The van der Waals surface area contributed by atoms with Gasteiger partial charge in [-0.25, -0.2) is 18.7 Å². The molecule has 0 unspecified atom stereocenters. The molecule has 0 N–H and O–H groups in total. The van der Waals surface area contributed by atoms with Crippen LogP contribution >= 0.6 is 0 Å². The summed E-state index contributed by atoms with van der Waals surface area (Å²) in [6, 6.07) is 14.8. The lowest BCUT2D eigenvalue weighted by atomic mass is 10.1. The van der Waals surface area contributed by atoms with Gasteiger partial charge in [-0.3, -0.25) is 0 Å². The van der Waals surface area contributed by atoms with Gasteiger partial charge in [-0.05, 0) is 54.6 Å². The maximum Gasteiger partial charge on any atom is 0.387 e. The fourth-order valence-electron chi connectivity index (χ4n) is 2.94. The second kappa shape index (κ2) is 7.86. The number of ether oxygens (including phenoxy) is 2. The van der Waals surface area contributed by atoms with Crippen LogP contribution in [-0.4, -0.2) is 34.3 Å². The van der Waals surface area contributed by atoms with E-state index >= 15 is 0 Å². The number of rotatable bonds is 5. The first-order valence-corrected chi connectivity index (χ1v) is 8.75. The van der Waals surface area contributed by atoms with Crippen molar-refractivity contribution in [3.63, 3.8) is 0 Å². The van der Waals surface area contributed by atoms with E-state index in [2.05, 4.69) is 14.8 Å². The van der Waals surface area contributed by atoms with Crippen LogP contribution in [0, 0.1) is 5.82 Å². The summed E-state index contributed by atoms with van der Waals surface area (Å²) in [4.78, 5) is 16.8. The molecule has 30 heavy (non-hydrogen) atoms. The third kappa shape index (κ3) is 3.82. The van der Waals surface area contributed by atoms with Crippen LogP contribution in [0.15, 0.2) is 60.7 Å². The van der Waals surface area contributed by atoms with Crippen molar-refractivity contribution < 1.29 is 27.4 Å². The number of fused-ring (bicyclic) bond motifs is 1. The van der Waals surface area contributed by atoms with Crippen molar-refractivity contribution >= 4 is 11.6 Å². The normalized spacial score (nSPS) is 11.1. The number of hydrogen-bond acceptors (Lipinski definition) is 5. The molecule has 0 fully saturated rings. The van der Waals surface area contributed by atoms with Crippen molar-refractivity contribution in [2.24, 2.45) is 0 Å². The Morgan fingerprint density at radius 3 is 2.23 bits per heavy atom. The Morgan fingerprint density at radius 2 is 1.60 bits per heavy atom. The minimum atomic E-state index is -2.92. The van der Waals surface area contributed by atoms with E-state index in [0.29, 0.717) is 28.2 Å². The number of halogens is 3. The zero-order valence-electron chi connectivity index (χ0n) is 15.6. The molecule has 152 valence electrons. The molecule has 2 aromatic carbocycles. The highest BCUT2D eigenvalue weighted by Gasteiger charge is 2.18. The Hall–Kier alpha value is -3.88. The van der Waals surface area contributed by atoms with Gasteiger partial charge in [0.2, 0.25) is 0 Å². The van der Waals surface area contributed by atoms with Gasteiger partial charge in [0.15, 0.2) is 11.3 Å². The number of hydrogen-bond donors (Lipinski definition) is 0. The van der Waals surface area contributed by atoms with Crippen LogP contribution in [0.1, 0.15) is 10.5 Å². The molecule has 0 aliphatic carbocycles. The van der Waals surface area contributed by atoms with E-state index < -0.39 is 12.6 Å².